The van der Waals surface area contributed by atoms with Crippen molar-refractivity contribution < 1.29 is 14.1 Å². The van der Waals surface area contributed by atoms with E-state index in [-0.39, 0.29) is 19.1 Å². The lowest BCUT2D eigenvalue weighted by atomic mass is 10.2. The molecule has 1 amide bonds. The summed E-state index contributed by atoms with van der Waals surface area (Å²) in [7, 11) is -1.11. The first-order valence-electron chi connectivity index (χ1n) is 7.52. The molecule has 2 N–H and O–H groups in total. The van der Waals surface area contributed by atoms with Gasteiger partial charge in [0, 0.05) is 22.7 Å². The number of carbonyl (C=O) groups is 1. The van der Waals surface area contributed by atoms with E-state index in [0.717, 1.165) is 5.56 Å². The van der Waals surface area contributed by atoms with Crippen molar-refractivity contribution >= 4 is 27.2 Å². The Labute approximate surface area is 143 Å². The van der Waals surface area contributed by atoms with Gasteiger partial charge in [0.05, 0.1) is 16.3 Å². The number of nitrogens with zero attached hydrogens (tertiary/aromatic N) is 1. The molecular formula is C18H22N2O3S. The van der Waals surface area contributed by atoms with Gasteiger partial charge in [0.15, 0.2) is 0 Å². The second-order valence-electron chi connectivity index (χ2n) is 5.57. The first-order chi connectivity index (χ1) is 11.3. The predicted octanol–water partition coefficient (Wildman–Crippen LogP) is 2.16. The monoisotopic (exact) mass is 346 g/mol. The summed E-state index contributed by atoms with van der Waals surface area (Å²) >= 11 is 0. The largest absolute Gasteiger partial charge is 0.395 e. The van der Waals surface area contributed by atoms with E-state index in [9.17, 15) is 9.00 Å². The molecule has 1 unspecified atom stereocenters. The molecule has 0 fully saturated rings. The Morgan fingerprint density at radius 1 is 1.25 bits per heavy atom. The van der Waals surface area contributed by atoms with Crippen molar-refractivity contribution in [3.63, 3.8) is 0 Å². The van der Waals surface area contributed by atoms with Crippen molar-refractivity contribution in [2.24, 2.45) is 0 Å². The zero-order valence-corrected chi connectivity index (χ0v) is 14.7. The van der Waals surface area contributed by atoms with Crippen LogP contribution in [0.2, 0.25) is 0 Å². The fraction of sp³-hybridized carbons (Fsp3) is 0.222. The molecule has 1 atom stereocenters. The van der Waals surface area contributed by atoms with Gasteiger partial charge in [0.25, 0.3) is 5.91 Å². The van der Waals surface area contributed by atoms with Crippen LogP contribution in [0.1, 0.15) is 15.9 Å². The normalized spacial score (nSPS) is 13.5. The van der Waals surface area contributed by atoms with Crippen LogP contribution in [0.25, 0.3) is 0 Å². The molecule has 0 aromatic heterocycles. The summed E-state index contributed by atoms with van der Waals surface area (Å²) < 4.78 is 14.3. The highest BCUT2D eigenvalue weighted by atomic mass is 32.2. The molecule has 6 heteroatoms. The molecule has 0 aliphatic rings. The average Bonchev–Trinajstić information content (AvgIpc) is 2.55. The van der Waals surface area contributed by atoms with Crippen molar-refractivity contribution in [2.45, 2.75) is 11.8 Å². The molecule has 24 heavy (non-hydrogen) atoms. The number of aryl methyl sites for hydroxylation is 1. The molecule has 2 rings (SSSR count). The van der Waals surface area contributed by atoms with Crippen molar-refractivity contribution in [1.29, 1.82) is 0 Å². The summed E-state index contributed by atoms with van der Waals surface area (Å²) in [5.41, 5.74) is 2.16. The van der Waals surface area contributed by atoms with E-state index in [0.29, 0.717) is 16.1 Å². The van der Waals surface area contributed by atoms with Crippen LogP contribution in [-0.2, 0) is 9.71 Å². The number of amides is 1. The number of carbonyl (C=O) groups excluding carboxylic acids is 1. The van der Waals surface area contributed by atoms with Gasteiger partial charge < -0.3 is 10.4 Å². The van der Waals surface area contributed by atoms with Crippen LogP contribution in [0.15, 0.2) is 53.4 Å². The molecule has 0 saturated heterocycles. The Bertz CT molecular complexity index is 832. The topological polar surface area (TPSA) is 69.6 Å². The lowest BCUT2D eigenvalue weighted by molar-refractivity contribution is 0.102. The number of nitrogens with one attached hydrogen (secondary N) is 1. The second-order valence-corrected chi connectivity index (χ2v) is 7.94. The van der Waals surface area contributed by atoms with Gasteiger partial charge in [-0.05, 0) is 55.7 Å². The van der Waals surface area contributed by atoms with E-state index in [2.05, 4.69) is 11.2 Å². The molecular weight excluding hydrogens is 324 g/mol. The minimum absolute atomic E-state index is 0.115. The van der Waals surface area contributed by atoms with Crippen LogP contribution in [0.5, 0.6) is 0 Å². The fourth-order valence-corrected chi connectivity index (χ4v) is 3.57. The average molecular weight is 346 g/mol. The second kappa shape index (κ2) is 7.61. The highest BCUT2D eigenvalue weighted by Crippen LogP contribution is 2.17. The van der Waals surface area contributed by atoms with E-state index in [1.165, 1.54) is 4.31 Å². The minimum atomic E-state index is -2.74. The van der Waals surface area contributed by atoms with Gasteiger partial charge in [0.2, 0.25) is 0 Å². The van der Waals surface area contributed by atoms with Crippen LogP contribution in [0, 0.1) is 6.92 Å². The Hall–Kier alpha value is -2.15. The van der Waals surface area contributed by atoms with E-state index < -0.39 is 9.71 Å². The van der Waals surface area contributed by atoms with Gasteiger partial charge in [-0.1, -0.05) is 18.2 Å². The van der Waals surface area contributed by atoms with Crippen LogP contribution >= 0.6 is 0 Å². The van der Waals surface area contributed by atoms with Crippen LogP contribution < -0.4 is 5.32 Å². The van der Waals surface area contributed by atoms with E-state index in [4.69, 9.17) is 5.11 Å². The quantitative estimate of drug-likeness (QED) is 0.788. The third-order valence-corrected chi connectivity index (χ3v) is 5.84. The number of benzene rings is 2. The molecule has 2 aromatic carbocycles. The van der Waals surface area contributed by atoms with Gasteiger partial charge in [-0.3, -0.25) is 4.79 Å². The molecule has 128 valence electrons. The first kappa shape index (κ1) is 18.2. The number of rotatable bonds is 6. The van der Waals surface area contributed by atoms with Gasteiger partial charge >= 0.3 is 0 Å². The summed E-state index contributed by atoms with van der Waals surface area (Å²) in [6.45, 7) is 2.07. The van der Waals surface area contributed by atoms with Gasteiger partial charge in [-0.15, -0.1) is 0 Å². The predicted molar refractivity (Wildman–Crippen MR) is 98.8 cm³/mol. The highest BCUT2D eigenvalue weighted by Gasteiger charge is 2.16. The summed E-state index contributed by atoms with van der Waals surface area (Å²) in [6, 6.07) is 14.1. The summed E-state index contributed by atoms with van der Waals surface area (Å²) in [4.78, 5) is 12.9. The standard InChI is InChI=1S/C18H22N2O3S/c1-14-6-4-8-16(12-14)19-18(22)15-7-5-9-17(13-15)24(3,23)20(2)10-11-21/h4-9,12-13,21H,3,10-11H2,1-2H3,(H,19,22). The fourth-order valence-electron chi connectivity index (χ4n) is 2.23. The lowest BCUT2D eigenvalue weighted by Gasteiger charge is -2.21. The Morgan fingerprint density at radius 2 is 1.96 bits per heavy atom. The summed E-state index contributed by atoms with van der Waals surface area (Å²) in [6.07, 6.45) is 0. The number of likely N-dealkylation sites (N-methyl/N-ethyl adjacent to an activating group) is 1. The number of hydrogen-bond donors (Lipinski definition) is 2. The Kier molecular flexibility index (Phi) is 5.77. The van der Waals surface area contributed by atoms with Crippen LogP contribution in [0.3, 0.4) is 0 Å². The molecule has 0 saturated carbocycles. The van der Waals surface area contributed by atoms with Crippen molar-refractivity contribution in [3.05, 3.63) is 59.7 Å². The van der Waals surface area contributed by atoms with Gasteiger partial charge in [0.1, 0.15) is 0 Å². The van der Waals surface area contributed by atoms with Crippen molar-refractivity contribution in [2.75, 3.05) is 25.5 Å². The summed E-state index contributed by atoms with van der Waals surface area (Å²) in [5.74, 6) is 3.49. The summed E-state index contributed by atoms with van der Waals surface area (Å²) in [5, 5.41) is 11.8. The smallest absolute Gasteiger partial charge is 0.255 e. The van der Waals surface area contributed by atoms with Gasteiger partial charge in [-0.25, -0.2) is 8.51 Å². The van der Waals surface area contributed by atoms with Crippen LogP contribution in [0.4, 0.5) is 5.69 Å². The lowest BCUT2D eigenvalue weighted by Crippen LogP contribution is -2.29. The molecule has 0 aliphatic carbocycles. The van der Waals surface area contributed by atoms with E-state index in [1.54, 1.807) is 31.3 Å². The molecule has 0 spiro atoms. The van der Waals surface area contributed by atoms with E-state index in [1.807, 2.05) is 31.2 Å². The van der Waals surface area contributed by atoms with Crippen LogP contribution in [-0.4, -0.2) is 45.6 Å². The molecule has 0 heterocycles. The SMILES string of the molecule is C=S(=O)(c1cccc(C(=O)Nc2cccc(C)c2)c1)N(C)CCO. The number of aliphatic hydroxyl groups excluding tert-OH is 1. The molecule has 0 bridgehead atoms. The maximum absolute atomic E-state index is 12.8. The molecule has 0 aliphatic heterocycles. The first-order valence-corrected chi connectivity index (χ1v) is 9.20. The van der Waals surface area contributed by atoms with Gasteiger partial charge in [-0.2, -0.15) is 0 Å². The Balaban J connectivity index is 2.25. The zero-order chi connectivity index (χ0) is 17.7. The van der Waals surface area contributed by atoms with E-state index >= 15 is 0 Å². The number of anilines is 1. The zero-order valence-electron chi connectivity index (χ0n) is 13.9. The third-order valence-electron chi connectivity index (χ3n) is 3.66. The highest BCUT2D eigenvalue weighted by molar-refractivity contribution is 7.98. The Morgan fingerprint density at radius 3 is 2.62 bits per heavy atom. The maximum atomic E-state index is 12.8. The molecule has 5 nitrogen and oxygen atoms in total. The minimum Gasteiger partial charge on any atom is -0.395 e. The van der Waals surface area contributed by atoms with Crippen molar-refractivity contribution in [1.82, 2.24) is 4.31 Å². The molecule has 0 radical (unpaired) electrons. The number of hydrogen-bond acceptors (Lipinski definition) is 3. The number of aliphatic hydroxyl groups is 1. The maximum Gasteiger partial charge on any atom is 0.255 e. The molecule has 2 aromatic rings. The third kappa shape index (κ3) is 4.23. The van der Waals surface area contributed by atoms with Crippen molar-refractivity contribution in [3.8, 4) is 0 Å².